The Hall–Kier alpha value is -1.53. The molecule has 0 saturated heterocycles. The van der Waals surface area contributed by atoms with Crippen LogP contribution < -0.4 is 5.19 Å². The second kappa shape index (κ2) is 39.0. The Balaban J connectivity index is 0.000000824. The lowest BCUT2D eigenvalue weighted by Crippen LogP contribution is -2.56. The minimum Gasteiger partial charge on any atom is -0.385 e. The van der Waals surface area contributed by atoms with E-state index in [1.54, 1.807) is 7.11 Å². The summed E-state index contributed by atoms with van der Waals surface area (Å²) in [6.07, 6.45) is 11.0. The minimum absolute atomic E-state index is 0.576. The molecule has 2 aromatic rings. The highest BCUT2D eigenvalue weighted by molar-refractivity contribution is 6.75. The van der Waals surface area contributed by atoms with Crippen LogP contribution in [0.25, 0.3) is 11.1 Å². The van der Waals surface area contributed by atoms with Gasteiger partial charge in [-0.2, -0.15) is 0 Å². The van der Waals surface area contributed by atoms with Crippen molar-refractivity contribution >= 4 is 22.8 Å². The molecule has 0 bridgehead atoms. The molecule has 0 N–H and O–H groups in total. The Bertz CT molecular complexity index is 1030. The topological polar surface area (TPSA) is 92.3 Å². The van der Waals surface area contributed by atoms with E-state index in [-0.39, 0.29) is 0 Å². The van der Waals surface area contributed by atoms with E-state index in [0.29, 0.717) is 66.1 Å². The van der Waals surface area contributed by atoms with Crippen molar-refractivity contribution in [2.75, 3.05) is 93.0 Å². The summed E-state index contributed by atoms with van der Waals surface area (Å²) in [4.78, 5) is 0. The lowest BCUT2D eigenvalue weighted by Gasteiger charge is -2.28. The highest BCUT2D eigenvalue weighted by Gasteiger charge is 2.43. The standard InChI is InChI=1S/C18H24O3Si.C14H32O3Si.C12H26O4/c1-4-19-22(20-5-2,21-6-3)18-14-12-17(13-15-18)16-10-8-7-9-11-16;1-5-9-10-11-12-13-14-18(15-6-2,16-7-3)17-8-4;1-3-4-7-14-9-11-16-12-10-15-8-5-6-13-2/h7-15H,4-6H2,1-3H3;5-14H2,1-4H3;3-12H2,1-2H3. The molecule has 12 heteroatoms. The molecule has 0 unspecified atom stereocenters. The molecular formula is C44H82O10Si2. The molecule has 10 nitrogen and oxygen atoms in total. The number of methoxy groups -OCH3 is 1. The smallest absolute Gasteiger partial charge is 0.385 e. The molecule has 0 saturated carbocycles. The Labute approximate surface area is 345 Å². The first-order valence-electron chi connectivity index (χ1n) is 21.6. The van der Waals surface area contributed by atoms with Gasteiger partial charge in [-0.25, -0.2) is 0 Å². The minimum atomic E-state index is -2.80. The molecule has 0 radical (unpaired) electrons. The van der Waals surface area contributed by atoms with E-state index in [9.17, 15) is 0 Å². The summed E-state index contributed by atoms with van der Waals surface area (Å²) in [5.41, 5.74) is 2.38. The first kappa shape index (κ1) is 54.5. The van der Waals surface area contributed by atoms with E-state index in [1.165, 1.54) is 49.7 Å². The number of unbranched alkanes of at least 4 members (excludes halogenated alkanes) is 6. The molecule has 56 heavy (non-hydrogen) atoms. The predicted molar refractivity (Wildman–Crippen MR) is 235 cm³/mol. The molecule has 0 fully saturated rings. The van der Waals surface area contributed by atoms with Crippen LogP contribution in [0.1, 0.15) is 113 Å². The molecule has 2 rings (SSSR count). The van der Waals surface area contributed by atoms with Gasteiger partial charge in [0.05, 0.1) is 26.4 Å². The van der Waals surface area contributed by atoms with Crippen molar-refractivity contribution in [3.8, 4) is 11.1 Å². The van der Waals surface area contributed by atoms with E-state index >= 15 is 0 Å². The third-order valence-corrected chi connectivity index (χ3v) is 14.5. The summed E-state index contributed by atoms with van der Waals surface area (Å²) in [5.74, 6) is 0. The molecule has 0 spiro atoms. The zero-order chi connectivity index (χ0) is 41.4. The zero-order valence-corrected chi connectivity index (χ0v) is 39.0. The zero-order valence-electron chi connectivity index (χ0n) is 37.0. The summed E-state index contributed by atoms with van der Waals surface area (Å²) in [7, 11) is -3.46. The fourth-order valence-electron chi connectivity index (χ4n) is 5.66. The molecule has 0 atom stereocenters. The molecule has 0 aliphatic carbocycles. The maximum Gasteiger partial charge on any atom is 0.537 e. The van der Waals surface area contributed by atoms with Gasteiger partial charge in [-0.05, 0) is 71.9 Å². The van der Waals surface area contributed by atoms with E-state index in [1.807, 2.05) is 59.7 Å². The summed E-state index contributed by atoms with van der Waals surface area (Å²) < 4.78 is 56.2. The van der Waals surface area contributed by atoms with E-state index < -0.39 is 17.6 Å². The van der Waals surface area contributed by atoms with Crippen molar-refractivity contribution in [3.05, 3.63) is 54.6 Å². The summed E-state index contributed by atoms with van der Waals surface area (Å²) in [5, 5.41) is 1.01. The Kier molecular flexibility index (Phi) is 37.9. The van der Waals surface area contributed by atoms with Crippen LogP contribution in [-0.2, 0) is 45.5 Å². The van der Waals surface area contributed by atoms with Gasteiger partial charge in [-0.3, -0.25) is 0 Å². The Morgan fingerprint density at radius 3 is 1.29 bits per heavy atom. The predicted octanol–water partition coefficient (Wildman–Crippen LogP) is 9.88. The van der Waals surface area contributed by atoms with Crippen molar-refractivity contribution in [2.24, 2.45) is 0 Å². The van der Waals surface area contributed by atoms with Gasteiger partial charge in [0, 0.05) is 77.8 Å². The molecule has 0 aliphatic rings. The van der Waals surface area contributed by atoms with Crippen molar-refractivity contribution < 1.29 is 45.5 Å². The molecule has 0 heterocycles. The normalized spacial score (nSPS) is 11.5. The molecule has 2 aromatic carbocycles. The second-order valence-corrected chi connectivity index (χ2v) is 18.1. The lowest BCUT2D eigenvalue weighted by molar-refractivity contribution is 0.0109. The highest BCUT2D eigenvalue weighted by Crippen LogP contribution is 2.21. The van der Waals surface area contributed by atoms with Gasteiger partial charge in [-0.15, -0.1) is 0 Å². The van der Waals surface area contributed by atoms with Crippen LogP contribution in [0.4, 0.5) is 0 Å². The fourth-order valence-corrected chi connectivity index (χ4v) is 10.8. The van der Waals surface area contributed by atoms with Crippen LogP contribution in [0, 0.1) is 0 Å². The van der Waals surface area contributed by atoms with Crippen molar-refractivity contribution in [1.82, 2.24) is 0 Å². The van der Waals surface area contributed by atoms with Gasteiger partial charge in [0.15, 0.2) is 0 Å². The van der Waals surface area contributed by atoms with Gasteiger partial charge in [0.25, 0.3) is 0 Å². The van der Waals surface area contributed by atoms with Gasteiger partial charge in [0.2, 0.25) is 0 Å². The third kappa shape index (κ3) is 26.5. The fraction of sp³-hybridized carbons (Fsp3) is 0.727. The van der Waals surface area contributed by atoms with Crippen molar-refractivity contribution in [3.63, 3.8) is 0 Å². The molecule has 0 amide bonds. The van der Waals surface area contributed by atoms with Crippen LogP contribution in [0.2, 0.25) is 6.04 Å². The number of benzene rings is 2. The van der Waals surface area contributed by atoms with Crippen LogP contribution in [0.5, 0.6) is 0 Å². The summed E-state index contributed by atoms with van der Waals surface area (Å²) in [6, 6.07) is 19.6. The lowest BCUT2D eigenvalue weighted by atomic mass is 10.1. The molecule has 0 aliphatic heterocycles. The van der Waals surface area contributed by atoms with E-state index in [0.717, 1.165) is 50.3 Å². The van der Waals surface area contributed by atoms with Crippen LogP contribution >= 0.6 is 0 Å². The summed E-state index contributed by atoms with van der Waals surface area (Å²) >= 11 is 0. The first-order chi connectivity index (χ1) is 27.4. The average molecular weight is 827 g/mol. The first-order valence-corrected chi connectivity index (χ1v) is 25.3. The number of hydrogen-bond acceptors (Lipinski definition) is 10. The maximum atomic E-state index is 5.94. The Morgan fingerprint density at radius 1 is 0.393 bits per heavy atom. The number of rotatable bonds is 34. The van der Waals surface area contributed by atoms with Gasteiger partial charge in [0.1, 0.15) is 0 Å². The molecule has 0 aromatic heterocycles. The molecule has 326 valence electrons. The van der Waals surface area contributed by atoms with Gasteiger partial charge in [-0.1, -0.05) is 107 Å². The third-order valence-electron chi connectivity index (χ3n) is 8.30. The monoisotopic (exact) mass is 827 g/mol. The second-order valence-electron chi connectivity index (χ2n) is 12.8. The highest BCUT2D eigenvalue weighted by atomic mass is 28.4. The van der Waals surface area contributed by atoms with Crippen molar-refractivity contribution in [1.29, 1.82) is 0 Å². The Morgan fingerprint density at radius 2 is 0.821 bits per heavy atom. The quantitative estimate of drug-likeness (QED) is 0.0502. The van der Waals surface area contributed by atoms with E-state index in [4.69, 9.17) is 45.5 Å². The van der Waals surface area contributed by atoms with Crippen LogP contribution in [0.15, 0.2) is 54.6 Å². The van der Waals surface area contributed by atoms with Crippen LogP contribution in [-0.4, -0.2) is 111 Å². The number of hydrogen-bond donors (Lipinski definition) is 0. The largest absolute Gasteiger partial charge is 0.537 e. The molecular weight excluding hydrogens is 745 g/mol. The van der Waals surface area contributed by atoms with Crippen LogP contribution in [0.3, 0.4) is 0 Å². The van der Waals surface area contributed by atoms with Crippen molar-refractivity contribution in [2.45, 2.75) is 119 Å². The van der Waals surface area contributed by atoms with Gasteiger partial charge >= 0.3 is 17.6 Å². The average Bonchev–Trinajstić information content (AvgIpc) is 3.21. The summed E-state index contributed by atoms with van der Waals surface area (Å²) in [6.45, 7) is 25.1. The maximum absolute atomic E-state index is 5.94. The van der Waals surface area contributed by atoms with E-state index in [2.05, 4.69) is 50.2 Å². The number of ether oxygens (including phenoxy) is 4. The van der Waals surface area contributed by atoms with Gasteiger partial charge < -0.3 is 45.5 Å². The SMILES string of the molecule is CCCCCCCC[Si](OCC)(OCC)OCC.CCCCOCCOCCOCCCOC.CCO[Si](OCC)(OCC)c1ccc(-c2ccccc2)cc1.